The van der Waals surface area contributed by atoms with E-state index >= 15 is 0 Å². The highest BCUT2D eigenvalue weighted by Gasteiger charge is 2.28. The molecule has 0 aliphatic rings. The molecule has 8 heteroatoms. The van der Waals surface area contributed by atoms with Crippen LogP contribution in [0.2, 0.25) is 0 Å². The Kier molecular flexibility index (Phi) is 4.96. The van der Waals surface area contributed by atoms with Crippen LogP contribution in [0.15, 0.2) is 11.4 Å². The van der Waals surface area contributed by atoms with Crippen LogP contribution in [0.4, 0.5) is 5.00 Å². The van der Waals surface area contributed by atoms with Gasteiger partial charge in [0.1, 0.15) is 9.75 Å². The summed E-state index contributed by atoms with van der Waals surface area (Å²) in [5.74, 6) is -1.99. The summed E-state index contributed by atoms with van der Waals surface area (Å²) in [4.78, 5) is 33.6. The largest absolute Gasteiger partial charge is 0.480 e. The number of carbonyl (C=O) groups is 3. The molecule has 0 aliphatic heterocycles. The molecule has 2 amide bonds. The lowest BCUT2D eigenvalue weighted by molar-refractivity contribution is -0.138. The smallest absolute Gasteiger partial charge is 0.319 e. The van der Waals surface area contributed by atoms with Gasteiger partial charge in [0.05, 0.1) is 11.3 Å². The molecule has 19 heavy (non-hydrogen) atoms. The molecular formula is C11H14N2O4S2. The Hall–Kier alpha value is -1.54. The third-order valence-electron chi connectivity index (χ3n) is 2.26. The maximum Gasteiger partial charge on any atom is 0.319 e. The van der Waals surface area contributed by atoms with E-state index in [1.54, 1.807) is 5.38 Å². The Morgan fingerprint density at radius 1 is 1.47 bits per heavy atom. The van der Waals surface area contributed by atoms with Crippen LogP contribution in [-0.4, -0.2) is 33.4 Å². The van der Waals surface area contributed by atoms with Crippen LogP contribution in [0.25, 0.3) is 0 Å². The van der Waals surface area contributed by atoms with Crippen LogP contribution < -0.4 is 11.1 Å². The lowest BCUT2D eigenvalue weighted by Crippen LogP contribution is -2.29. The summed E-state index contributed by atoms with van der Waals surface area (Å²) in [7, 11) is 0. The molecule has 0 radical (unpaired) electrons. The predicted octanol–water partition coefficient (Wildman–Crippen LogP) is 1.38. The summed E-state index contributed by atoms with van der Waals surface area (Å²) >= 11 is 2.20. The lowest BCUT2D eigenvalue weighted by Gasteiger charge is -2.17. The summed E-state index contributed by atoms with van der Waals surface area (Å²) in [6.07, 6.45) is 0. The molecule has 0 saturated carbocycles. The lowest BCUT2D eigenvalue weighted by atomic mass is 10.2. The van der Waals surface area contributed by atoms with Crippen molar-refractivity contribution in [1.29, 1.82) is 0 Å². The molecule has 0 fully saturated rings. The zero-order chi connectivity index (χ0) is 14.6. The zero-order valence-corrected chi connectivity index (χ0v) is 12.1. The van der Waals surface area contributed by atoms with Crippen molar-refractivity contribution >= 4 is 45.9 Å². The molecular weight excluding hydrogens is 288 g/mol. The van der Waals surface area contributed by atoms with Crippen molar-refractivity contribution in [2.24, 2.45) is 5.73 Å². The first-order valence-electron chi connectivity index (χ1n) is 5.28. The molecule has 4 N–H and O–H groups in total. The molecule has 0 atom stereocenters. The average molecular weight is 302 g/mol. The molecule has 1 heterocycles. The predicted molar refractivity (Wildman–Crippen MR) is 75.6 cm³/mol. The number of anilines is 1. The third-order valence-corrected chi connectivity index (χ3v) is 4.40. The number of hydrogen-bond acceptors (Lipinski definition) is 5. The van der Waals surface area contributed by atoms with Crippen molar-refractivity contribution < 1.29 is 19.5 Å². The average Bonchev–Trinajstić information content (AvgIpc) is 2.74. The number of nitrogens with one attached hydrogen (secondary N) is 1. The summed E-state index contributed by atoms with van der Waals surface area (Å²) in [5.41, 5.74) is 5.40. The van der Waals surface area contributed by atoms with Crippen molar-refractivity contribution in [1.82, 2.24) is 0 Å². The molecule has 1 aromatic heterocycles. The normalized spacial score (nSPS) is 11.1. The second kappa shape index (κ2) is 6.07. The second-order valence-corrected chi connectivity index (χ2v) is 6.69. The van der Waals surface area contributed by atoms with E-state index in [0.717, 1.165) is 11.8 Å². The summed E-state index contributed by atoms with van der Waals surface area (Å²) < 4.78 is -1.04. The van der Waals surface area contributed by atoms with Gasteiger partial charge in [0, 0.05) is 0 Å². The topological polar surface area (TPSA) is 109 Å². The van der Waals surface area contributed by atoms with Crippen molar-refractivity contribution in [2.45, 2.75) is 18.6 Å². The van der Waals surface area contributed by atoms with E-state index in [4.69, 9.17) is 10.8 Å². The van der Waals surface area contributed by atoms with Gasteiger partial charge in [-0.05, 0) is 25.3 Å². The fraction of sp³-hybridized carbons (Fsp3) is 0.364. The van der Waals surface area contributed by atoms with Crippen LogP contribution in [0.5, 0.6) is 0 Å². The molecule has 0 aliphatic carbocycles. The van der Waals surface area contributed by atoms with Crippen molar-refractivity contribution in [3.63, 3.8) is 0 Å². The molecule has 6 nitrogen and oxygen atoms in total. The van der Waals surface area contributed by atoms with Crippen LogP contribution in [0, 0.1) is 0 Å². The van der Waals surface area contributed by atoms with E-state index in [-0.39, 0.29) is 17.2 Å². The van der Waals surface area contributed by atoms with E-state index < -0.39 is 16.6 Å². The Labute approximate surface area is 118 Å². The van der Waals surface area contributed by atoms with Gasteiger partial charge in [0.25, 0.3) is 5.91 Å². The maximum absolute atomic E-state index is 11.7. The molecule has 0 aromatic carbocycles. The van der Waals surface area contributed by atoms with Gasteiger partial charge in [-0.15, -0.1) is 23.1 Å². The number of carboxylic acids is 1. The zero-order valence-electron chi connectivity index (χ0n) is 10.4. The maximum atomic E-state index is 11.7. The molecule has 1 aromatic rings. The number of rotatable bonds is 6. The summed E-state index contributed by atoms with van der Waals surface area (Å²) in [6, 6.07) is 1.52. The van der Waals surface area contributed by atoms with Crippen LogP contribution >= 0.6 is 23.1 Å². The number of amides is 2. The van der Waals surface area contributed by atoms with Crippen molar-refractivity contribution in [2.75, 3.05) is 11.1 Å². The number of aliphatic carboxylic acids is 1. The highest BCUT2D eigenvalue weighted by Crippen LogP contribution is 2.26. The Morgan fingerprint density at radius 2 is 2.11 bits per heavy atom. The Morgan fingerprint density at radius 3 is 2.63 bits per heavy atom. The molecule has 0 saturated heterocycles. The number of thiophene rings is 1. The quantitative estimate of drug-likeness (QED) is 0.735. The van der Waals surface area contributed by atoms with Crippen LogP contribution in [-0.2, 0) is 9.59 Å². The third kappa shape index (κ3) is 4.25. The fourth-order valence-corrected chi connectivity index (χ4v) is 2.57. The van der Waals surface area contributed by atoms with Crippen molar-refractivity contribution in [3.8, 4) is 0 Å². The van der Waals surface area contributed by atoms with Gasteiger partial charge < -0.3 is 16.2 Å². The molecule has 104 valence electrons. The first-order chi connectivity index (χ1) is 8.74. The van der Waals surface area contributed by atoms with Gasteiger partial charge in [-0.1, -0.05) is 0 Å². The van der Waals surface area contributed by atoms with Crippen LogP contribution in [0.3, 0.4) is 0 Å². The van der Waals surface area contributed by atoms with E-state index in [0.29, 0.717) is 5.00 Å². The van der Waals surface area contributed by atoms with Crippen molar-refractivity contribution in [3.05, 3.63) is 17.0 Å². The van der Waals surface area contributed by atoms with E-state index in [1.807, 2.05) is 0 Å². The Bertz CT molecular complexity index is 511. The van der Waals surface area contributed by atoms with Gasteiger partial charge in [0.2, 0.25) is 5.91 Å². The summed E-state index contributed by atoms with van der Waals surface area (Å²) in [5, 5.41) is 13.5. The number of thioether (sulfide) groups is 1. The Balaban J connectivity index is 2.59. The number of nitrogens with two attached hydrogens (primary N) is 1. The monoisotopic (exact) mass is 302 g/mol. The molecule has 1 rings (SSSR count). The minimum absolute atomic E-state index is 0.0185. The molecule has 0 spiro atoms. The van der Waals surface area contributed by atoms with Gasteiger partial charge in [0.15, 0.2) is 0 Å². The second-order valence-electron chi connectivity index (χ2n) is 4.18. The molecule has 0 unspecified atom stereocenters. The fourth-order valence-electron chi connectivity index (χ4n) is 1.07. The minimum atomic E-state index is -1.04. The van der Waals surface area contributed by atoms with Gasteiger partial charge in [-0.2, -0.15) is 0 Å². The summed E-state index contributed by atoms with van der Waals surface area (Å²) in [6.45, 7) is 3.04. The highest BCUT2D eigenvalue weighted by atomic mass is 32.2. The number of carbonyl (C=O) groups excluding carboxylic acids is 2. The van der Waals surface area contributed by atoms with Gasteiger partial charge in [-0.25, -0.2) is 0 Å². The SMILES string of the molecule is CC(C)(SCC(=O)Nc1sccc1C(N)=O)C(=O)O. The van der Waals surface area contributed by atoms with E-state index in [9.17, 15) is 14.4 Å². The van der Waals surface area contributed by atoms with E-state index in [2.05, 4.69) is 5.32 Å². The standard InChI is InChI=1S/C11H14N2O4S2/c1-11(2,10(16)17)19-5-7(14)13-9-6(8(12)15)3-4-18-9/h3-4H,5H2,1-2H3,(H2,12,15)(H,13,14)(H,16,17). The molecule has 0 bridgehead atoms. The number of carboxylic acid groups (broad SMARTS) is 1. The van der Waals surface area contributed by atoms with E-state index in [1.165, 1.54) is 31.3 Å². The van der Waals surface area contributed by atoms with Crippen LogP contribution in [0.1, 0.15) is 24.2 Å². The first-order valence-corrected chi connectivity index (χ1v) is 7.15. The van der Waals surface area contributed by atoms with Gasteiger partial charge >= 0.3 is 5.97 Å². The first kappa shape index (κ1) is 15.5. The minimum Gasteiger partial charge on any atom is -0.480 e. The van der Waals surface area contributed by atoms with Gasteiger partial charge in [-0.3, -0.25) is 14.4 Å². The highest BCUT2D eigenvalue weighted by molar-refractivity contribution is 8.02. The number of primary amides is 1. The number of hydrogen-bond donors (Lipinski definition) is 3.